The zero-order chi connectivity index (χ0) is 13.4. The molecule has 0 unspecified atom stereocenters. The Morgan fingerprint density at radius 3 is 2.68 bits per heavy atom. The van der Waals surface area contributed by atoms with Gasteiger partial charge in [-0.3, -0.25) is 4.79 Å². The molecule has 2 nitrogen and oxygen atoms in total. The van der Waals surface area contributed by atoms with Crippen LogP contribution in [0, 0.1) is 13.8 Å². The van der Waals surface area contributed by atoms with Crippen molar-refractivity contribution in [3.63, 3.8) is 0 Å². The van der Waals surface area contributed by atoms with Crippen LogP contribution in [0.2, 0.25) is 0 Å². The van der Waals surface area contributed by atoms with E-state index in [0.717, 1.165) is 23.2 Å². The second kappa shape index (κ2) is 4.54. The molecule has 0 radical (unpaired) electrons. The molecule has 0 saturated carbocycles. The molecule has 0 aliphatic carbocycles. The summed E-state index contributed by atoms with van der Waals surface area (Å²) >= 11 is 0. The van der Waals surface area contributed by atoms with E-state index in [-0.39, 0.29) is 11.8 Å². The third-order valence-corrected chi connectivity index (χ3v) is 3.77. The van der Waals surface area contributed by atoms with Crippen molar-refractivity contribution in [2.75, 3.05) is 5.32 Å². The van der Waals surface area contributed by atoms with Gasteiger partial charge in [-0.15, -0.1) is 0 Å². The smallest absolute Gasteiger partial charge is 0.232 e. The first-order valence-electron chi connectivity index (χ1n) is 6.61. The first-order valence-corrected chi connectivity index (χ1v) is 6.61. The second-order valence-electron chi connectivity index (χ2n) is 5.27. The summed E-state index contributed by atoms with van der Waals surface area (Å²) in [7, 11) is 0. The van der Waals surface area contributed by atoms with Gasteiger partial charge in [0, 0.05) is 5.69 Å². The fourth-order valence-electron chi connectivity index (χ4n) is 2.78. The minimum atomic E-state index is -0.0586. The second-order valence-corrected chi connectivity index (χ2v) is 5.27. The molecular formula is C17H17NO. The Bertz CT molecular complexity index is 645. The Hall–Kier alpha value is -2.09. The molecule has 2 aromatic carbocycles. The van der Waals surface area contributed by atoms with Gasteiger partial charge in [-0.2, -0.15) is 0 Å². The summed E-state index contributed by atoms with van der Waals surface area (Å²) in [4.78, 5) is 12.2. The van der Waals surface area contributed by atoms with Gasteiger partial charge in [0.1, 0.15) is 0 Å². The van der Waals surface area contributed by atoms with E-state index in [2.05, 4.69) is 42.6 Å². The molecule has 1 atom stereocenters. The number of carbonyl (C=O) groups excluding carboxylic acids is 1. The standard InChI is InChI=1S/C17H17NO/c1-11-5-3-7-13(9-11)10-15-14-8-4-6-12(2)16(14)18-17(15)19/h3-9,15H,10H2,1-2H3,(H,18,19)/t15-/m1/s1. The lowest BCUT2D eigenvalue weighted by Gasteiger charge is -2.09. The molecule has 19 heavy (non-hydrogen) atoms. The highest BCUT2D eigenvalue weighted by Crippen LogP contribution is 2.36. The van der Waals surface area contributed by atoms with Crippen molar-refractivity contribution in [2.45, 2.75) is 26.2 Å². The van der Waals surface area contributed by atoms with Gasteiger partial charge in [-0.1, -0.05) is 48.0 Å². The van der Waals surface area contributed by atoms with E-state index in [1.54, 1.807) is 0 Å². The van der Waals surface area contributed by atoms with Crippen LogP contribution in [0.4, 0.5) is 5.69 Å². The molecule has 96 valence electrons. The summed E-state index contributed by atoms with van der Waals surface area (Å²) < 4.78 is 0. The Kier molecular flexibility index (Phi) is 2.86. The highest BCUT2D eigenvalue weighted by Gasteiger charge is 2.31. The molecule has 0 saturated heterocycles. The number of fused-ring (bicyclic) bond motifs is 1. The normalized spacial score (nSPS) is 17.2. The van der Waals surface area contributed by atoms with Crippen molar-refractivity contribution in [3.8, 4) is 0 Å². The molecule has 2 heteroatoms. The van der Waals surface area contributed by atoms with E-state index in [1.807, 2.05) is 19.1 Å². The van der Waals surface area contributed by atoms with Crippen molar-refractivity contribution in [1.82, 2.24) is 0 Å². The minimum Gasteiger partial charge on any atom is -0.325 e. The SMILES string of the molecule is Cc1cccc(C[C@H]2C(=O)Nc3c(C)cccc32)c1. The van der Waals surface area contributed by atoms with Crippen LogP contribution < -0.4 is 5.32 Å². The topological polar surface area (TPSA) is 29.1 Å². The van der Waals surface area contributed by atoms with Gasteiger partial charge in [0.2, 0.25) is 5.91 Å². The number of hydrogen-bond acceptors (Lipinski definition) is 1. The summed E-state index contributed by atoms with van der Waals surface area (Å²) in [6.07, 6.45) is 0.768. The predicted molar refractivity (Wildman–Crippen MR) is 77.4 cm³/mol. The zero-order valence-corrected chi connectivity index (χ0v) is 11.2. The number of anilines is 1. The van der Waals surface area contributed by atoms with Crippen LogP contribution in [0.25, 0.3) is 0 Å². The zero-order valence-electron chi connectivity index (χ0n) is 11.2. The Morgan fingerprint density at radius 2 is 1.89 bits per heavy atom. The monoisotopic (exact) mass is 251 g/mol. The Balaban J connectivity index is 1.95. The Morgan fingerprint density at radius 1 is 1.11 bits per heavy atom. The highest BCUT2D eigenvalue weighted by atomic mass is 16.2. The molecule has 0 aromatic heterocycles. The molecule has 2 aromatic rings. The van der Waals surface area contributed by atoms with Gasteiger partial charge in [0.15, 0.2) is 0 Å². The summed E-state index contributed by atoms with van der Waals surface area (Å²) in [5.74, 6) is 0.0579. The maximum absolute atomic E-state index is 12.2. The van der Waals surface area contributed by atoms with Crippen LogP contribution in [-0.2, 0) is 11.2 Å². The maximum Gasteiger partial charge on any atom is 0.232 e. The van der Waals surface area contributed by atoms with Gasteiger partial charge < -0.3 is 5.32 Å². The number of rotatable bonds is 2. The molecule has 1 amide bonds. The molecular weight excluding hydrogens is 234 g/mol. The fourth-order valence-corrected chi connectivity index (χ4v) is 2.78. The number of amides is 1. The average Bonchev–Trinajstić information content (AvgIpc) is 2.69. The Labute approximate surface area is 113 Å². The van der Waals surface area contributed by atoms with E-state index in [1.165, 1.54) is 11.1 Å². The van der Waals surface area contributed by atoms with Gasteiger partial charge in [0.25, 0.3) is 0 Å². The van der Waals surface area contributed by atoms with Crippen molar-refractivity contribution in [2.24, 2.45) is 0 Å². The molecule has 1 heterocycles. The first kappa shape index (κ1) is 12.0. The first-order chi connectivity index (χ1) is 9.15. The van der Waals surface area contributed by atoms with E-state index in [4.69, 9.17) is 0 Å². The summed E-state index contributed by atoms with van der Waals surface area (Å²) in [6, 6.07) is 14.5. The number of benzene rings is 2. The average molecular weight is 251 g/mol. The van der Waals surface area contributed by atoms with Crippen molar-refractivity contribution < 1.29 is 4.79 Å². The lowest BCUT2D eigenvalue weighted by molar-refractivity contribution is -0.117. The number of carbonyl (C=O) groups is 1. The lowest BCUT2D eigenvalue weighted by atomic mass is 9.92. The van der Waals surface area contributed by atoms with E-state index >= 15 is 0 Å². The third kappa shape index (κ3) is 2.14. The van der Waals surface area contributed by atoms with Crippen molar-refractivity contribution >= 4 is 11.6 Å². The van der Waals surface area contributed by atoms with Crippen LogP contribution in [0.15, 0.2) is 42.5 Å². The lowest BCUT2D eigenvalue weighted by Crippen LogP contribution is -2.14. The highest BCUT2D eigenvalue weighted by molar-refractivity contribution is 6.03. The number of hydrogen-bond donors (Lipinski definition) is 1. The molecule has 1 N–H and O–H groups in total. The summed E-state index contributed by atoms with van der Waals surface area (Å²) in [6.45, 7) is 4.12. The molecule has 0 spiro atoms. The largest absolute Gasteiger partial charge is 0.325 e. The van der Waals surface area contributed by atoms with Gasteiger partial charge >= 0.3 is 0 Å². The van der Waals surface area contributed by atoms with Crippen LogP contribution >= 0.6 is 0 Å². The van der Waals surface area contributed by atoms with Crippen LogP contribution in [-0.4, -0.2) is 5.91 Å². The summed E-state index contributed by atoms with van der Waals surface area (Å²) in [5.41, 5.74) is 5.73. The minimum absolute atomic E-state index is 0.0586. The maximum atomic E-state index is 12.2. The van der Waals surface area contributed by atoms with Gasteiger partial charge in [-0.25, -0.2) is 0 Å². The molecule has 1 aliphatic heterocycles. The molecule has 3 rings (SSSR count). The summed E-state index contributed by atoms with van der Waals surface area (Å²) in [5, 5.41) is 3.01. The number of para-hydroxylation sites is 1. The fraction of sp³-hybridized carbons (Fsp3) is 0.235. The van der Waals surface area contributed by atoms with Crippen LogP contribution in [0.1, 0.15) is 28.2 Å². The van der Waals surface area contributed by atoms with Crippen molar-refractivity contribution in [3.05, 3.63) is 64.7 Å². The number of aryl methyl sites for hydroxylation is 2. The molecule has 1 aliphatic rings. The van der Waals surface area contributed by atoms with E-state index < -0.39 is 0 Å². The molecule has 0 bridgehead atoms. The molecule has 0 fully saturated rings. The predicted octanol–water partition coefficient (Wildman–Crippen LogP) is 3.58. The van der Waals surface area contributed by atoms with Gasteiger partial charge in [0.05, 0.1) is 5.92 Å². The third-order valence-electron chi connectivity index (χ3n) is 3.77. The van der Waals surface area contributed by atoms with Crippen LogP contribution in [0.3, 0.4) is 0 Å². The van der Waals surface area contributed by atoms with Crippen LogP contribution in [0.5, 0.6) is 0 Å². The van der Waals surface area contributed by atoms with Crippen molar-refractivity contribution in [1.29, 1.82) is 0 Å². The quantitative estimate of drug-likeness (QED) is 0.868. The number of nitrogens with one attached hydrogen (secondary N) is 1. The van der Waals surface area contributed by atoms with E-state index in [9.17, 15) is 4.79 Å². The van der Waals surface area contributed by atoms with E-state index in [0.29, 0.717) is 0 Å². The van der Waals surface area contributed by atoms with Gasteiger partial charge in [-0.05, 0) is 37.0 Å².